The van der Waals surface area contributed by atoms with Crippen molar-refractivity contribution in [3.8, 4) is 5.75 Å². The van der Waals surface area contributed by atoms with Crippen molar-refractivity contribution in [3.63, 3.8) is 0 Å². The van der Waals surface area contributed by atoms with E-state index in [1.807, 2.05) is 17.9 Å². The number of hydrogen-bond acceptors (Lipinski definition) is 3. The summed E-state index contributed by atoms with van der Waals surface area (Å²) in [5.41, 5.74) is 6.93. The summed E-state index contributed by atoms with van der Waals surface area (Å²) in [6.07, 6.45) is 5.27. The predicted molar refractivity (Wildman–Crippen MR) is 79.8 cm³/mol. The third kappa shape index (κ3) is 3.31. The first-order valence-electron chi connectivity index (χ1n) is 7.44. The van der Waals surface area contributed by atoms with Crippen molar-refractivity contribution >= 4 is 5.91 Å². The lowest BCUT2D eigenvalue weighted by atomic mass is 10.1. The first-order chi connectivity index (χ1) is 9.63. The maximum absolute atomic E-state index is 12.7. The molecule has 3 N–H and O–H groups in total. The lowest BCUT2D eigenvalue weighted by Gasteiger charge is -2.29. The lowest BCUT2D eigenvalue weighted by molar-refractivity contribution is 0.0677. The van der Waals surface area contributed by atoms with Crippen LogP contribution < -0.4 is 5.73 Å². The van der Waals surface area contributed by atoms with E-state index in [4.69, 9.17) is 5.73 Å². The van der Waals surface area contributed by atoms with E-state index in [9.17, 15) is 9.90 Å². The Labute approximate surface area is 120 Å². The number of nitrogens with zero attached hydrogens (tertiary/aromatic N) is 1. The molecule has 0 aliphatic heterocycles. The number of phenols is 1. The minimum absolute atomic E-state index is 0.0668. The van der Waals surface area contributed by atoms with Crippen molar-refractivity contribution < 1.29 is 9.90 Å². The molecule has 0 radical (unpaired) electrons. The molecule has 1 aromatic carbocycles. The monoisotopic (exact) mass is 276 g/mol. The number of rotatable bonds is 5. The lowest BCUT2D eigenvalue weighted by Crippen LogP contribution is -2.40. The van der Waals surface area contributed by atoms with Crippen LogP contribution in [0.15, 0.2) is 18.2 Å². The van der Waals surface area contributed by atoms with Crippen LogP contribution in [0.4, 0.5) is 0 Å². The summed E-state index contributed by atoms with van der Waals surface area (Å²) in [6, 6.07) is 5.53. The van der Waals surface area contributed by atoms with Gasteiger partial charge in [-0.3, -0.25) is 4.79 Å². The summed E-state index contributed by atoms with van der Waals surface area (Å²) in [5, 5.41) is 10.0. The van der Waals surface area contributed by atoms with Gasteiger partial charge in [-0.1, -0.05) is 18.9 Å². The van der Waals surface area contributed by atoms with Gasteiger partial charge in [0.25, 0.3) is 5.91 Å². The first-order valence-corrected chi connectivity index (χ1v) is 7.44. The molecule has 1 aliphatic carbocycles. The van der Waals surface area contributed by atoms with Crippen molar-refractivity contribution in [2.45, 2.75) is 45.1 Å². The van der Waals surface area contributed by atoms with Gasteiger partial charge in [-0.05, 0) is 50.4 Å². The second-order valence-corrected chi connectivity index (χ2v) is 5.60. The van der Waals surface area contributed by atoms with E-state index in [1.54, 1.807) is 12.1 Å². The Morgan fingerprint density at radius 1 is 1.40 bits per heavy atom. The molecular weight excluding hydrogens is 252 g/mol. The Hall–Kier alpha value is -1.55. The largest absolute Gasteiger partial charge is 0.507 e. The van der Waals surface area contributed by atoms with Crippen LogP contribution in [-0.4, -0.2) is 35.0 Å². The molecule has 1 fully saturated rings. The molecular formula is C16H24N2O2. The maximum atomic E-state index is 12.7. The van der Waals surface area contributed by atoms with Crippen LogP contribution in [-0.2, 0) is 0 Å². The van der Waals surface area contributed by atoms with E-state index >= 15 is 0 Å². The van der Waals surface area contributed by atoms with Crippen LogP contribution in [0, 0.1) is 6.92 Å². The highest BCUT2D eigenvalue weighted by Gasteiger charge is 2.28. The number of benzene rings is 1. The molecule has 20 heavy (non-hydrogen) atoms. The number of carbonyl (C=O) groups is 1. The number of phenolic OH excluding ortho intramolecular Hbond substituents is 1. The van der Waals surface area contributed by atoms with E-state index in [-0.39, 0.29) is 11.7 Å². The molecule has 0 heterocycles. The van der Waals surface area contributed by atoms with Crippen LogP contribution in [0.5, 0.6) is 5.75 Å². The minimum atomic E-state index is -0.0668. The minimum Gasteiger partial charge on any atom is -0.507 e. The Morgan fingerprint density at radius 2 is 2.10 bits per heavy atom. The third-order valence-electron chi connectivity index (χ3n) is 4.01. The maximum Gasteiger partial charge on any atom is 0.257 e. The summed E-state index contributed by atoms with van der Waals surface area (Å²) in [7, 11) is 0. The zero-order valence-electron chi connectivity index (χ0n) is 12.1. The van der Waals surface area contributed by atoms with Crippen molar-refractivity contribution in [2.75, 3.05) is 13.1 Å². The molecule has 1 aliphatic rings. The van der Waals surface area contributed by atoms with Gasteiger partial charge in [0.05, 0.1) is 5.56 Å². The molecule has 0 unspecified atom stereocenters. The summed E-state index contributed by atoms with van der Waals surface area (Å²) in [4.78, 5) is 14.6. The zero-order chi connectivity index (χ0) is 14.5. The number of aromatic hydroxyl groups is 1. The molecule has 0 bridgehead atoms. The standard InChI is InChI=1S/C16H24N2O2/c1-12-7-8-14(15(19)11-12)16(20)18(10-4-9-17)13-5-2-3-6-13/h7-8,11,13,19H,2-6,9-10,17H2,1H3. The average Bonchev–Trinajstić information content (AvgIpc) is 2.93. The van der Waals surface area contributed by atoms with Crippen molar-refractivity contribution in [1.82, 2.24) is 4.90 Å². The first kappa shape index (κ1) is 14.9. The highest BCUT2D eigenvalue weighted by molar-refractivity contribution is 5.97. The molecule has 0 aromatic heterocycles. The van der Waals surface area contributed by atoms with Gasteiger partial charge >= 0.3 is 0 Å². The smallest absolute Gasteiger partial charge is 0.257 e. The van der Waals surface area contributed by atoms with Crippen molar-refractivity contribution in [3.05, 3.63) is 29.3 Å². The SMILES string of the molecule is Cc1ccc(C(=O)N(CCCN)C2CCCC2)c(O)c1. The van der Waals surface area contributed by atoms with E-state index in [2.05, 4.69) is 0 Å². The number of aryl methyl sites for hydroxylation is 1. The number of hydrogen-bond donors (Lipinski definition) is 2. The third-order valence-corrected chi connectivity index (χ3v) is 4.01. The molecule has 0 spiro atoms. The van der Waals surface area contributed by atoms with Gasteiger partial charge < -0.3 is 15.7 Å². The summed E-state index contributed by atoms with van der Waals surface area (Å²) in [5.74, 6) is 0.00796. The molecule has 0 atom stereocenters. The fourth-order valence-electron chi connectivity index (χ4n) is 2.90. The summed E-state index contributed by atoms with van der Waals surface area (Å²) >= 11 is 0. The van der Waals surface area contributed by atoms with Crippen LogP contribution >= 0.6 is 0 Å². The Bertz CT molecular complexity index is 468. The zero-order valence-corrected chi connectivity index (χ0v) is 12.1. The van der Waals surface area contributed by atoms with Crippen LogP contribution in [0.1, 0.15) is 48.0 Å². The van der Waals surface area contributed by atoms with Crippen molar-refractivity contribution in [1.29, 1.82) is 0 Å². The van der Waals surface area contributed by atoms with Gasteiger partial charge in [0.15, 0.2) is 0 Å². The van der Waals surface area contributed by atoms with Gasteiger partial charge in [-0.25, -0.2) is 0 Å². The second kappa shape index (κ2) is 6.75. The molecule has 4 heteroatoms. The number of amides is 1. The molecule has 1 aromatic rings. The fraction of sp³-hybridized carbons (Fsp3) is 0.562. The summed E-state index contributed by atoms with van der Waals surface area (Å²) in [6.45, 7) is 3.15. The molecule has 110 valence electrons. The van der Waals surface area contributed by atoms with E-state index in [0.717, 1.165) is 24.8 Å². The second-order valence-electron chi connectivity index (χ2n) is 5.60. The quantitative estimate of drug-likeness (QED) is 0.868. The van der Waals surface area contributed by atoms with Crippen LogP contribution in [0.3, 0.4) is 0 Å². The van der Waals surface area contributed by atoms with Crippen LogP contribution in [0.2, 0.25) is 0 Å². The molecule has 2 rings (SSSR count). The highest BCUT2D eigenvalue weighted by atomic mass is 16.3. The Morgan fingerprint density at radius 3 is 2.70 bits per heavy atom. The Kier molecular flexibility index (Phi) is 5.01. The van der Waals surface area contributed by atoms with Gasteiger partial charge in [0, 0.05) is 12.6 Å². The van der Waals surface area contributed by atoms with E-state index in [0.29, 0.717) is 24.7 Å². The van der Waals surface area contributed by atoms with Gasteiger partial charge in [0.1, 0.15) is 5.75 Å². The predicted octanol–water partition coefficient (Wildman–Crippen LogP) is 2.43. The van der Waals surface area contributed by atoms with Crippen LogP contribution in [0.25, 0.3) is 0 Å². The van der Waals surface area contributed by atoms with Crippen molar-refractivity contribution in [2.24, 2.45) is 5.73 Å². The highest BCUT2D eigenvalue weighted by Crippen LogP contribution is 2.27. The summed E-state index contributed by atoms with van der Waals surface area (Å²) < 4.78 is 0. The number of nitrogens with two attached hydrogens (primary N) is 1. The average molecular weight is 276 g/mol. The molecule has 1 saturated carbocycles. The molecule has 4 nitrogen and oxygen atoms in total. The molecule has 0 saturated heterocycles. The number of carbonyl (C=O) groups excluding carboxylic acids is 1. The fourth-order valence-corrected chi connectivity index (χ4v) is 2.90. The molecule has 1 amide bonds. The van der Waals surface area contributed by atoms with E-state index in [1.165, 1.54) is 12.8 Å². The van der Waals surface area contributed by atoms with Gasteiger partial charge in [0.2, 0.25) is 0 Å². The van der Waals surface area contributed by atoms with Gasteiger partial charge in [-0.2, -0.15) is 0 Å². The topological polar surface area (TPSA) is 66.6 Å². The van der Waals surface area contributed by atoms with E-state index < -0.39 is 0 Å². The Balaban J connectivity index is 2.20. The van der Waals surface area contributed by atoms with Gasteiger partial charge in [-0.15, -0.1) is 0 Å². The normalized spacial score (nSPS) is 15.5.